The van der Waals surface area contributed by atoms with E-state index < -0.39 is 5.54 Å². The summed E-state index contributed by atoms with van der Waals surface area (Å²) in [5, 5.41) is 0. The molecule has 0 saturated carbocycles. The molecule has 2 aromatic carbocycles. The third kappa shape index (κ3) is 3.19. The molecule has 1 atom stereocenters. The fraction of sp³-hybridized carbons (Fsp3) is 0.350. The third-order valence-electron chi connectivity index (χ3n) is 4.67. The number of halogens is 1. The van der Waals surface area contributed by atoms with Crippen LogP contribution in [0, 0.1) is 13.8 Å². The molecule has 2 N–H and O–H groups in total. The minimum absolute atomic E-state index is 0. The Kier molecular flexibility index (Phi) is 5.36. The SMILES string of the molecule is CCOC(=O)C1(N)Cc2ccc(-c3c(C)cccc3C)cc2C1.Cl. The van der Waals surface area contributed by atoms with Gasteiger partial charge in [-0.05, 0) is 54.2 Å². The van der Waals surface area contributed by atoms with Crippen LogP contribution < -0.4 is 5.73 Å². The number of carbonyl (C=O) groups excluding carboxylic acids is 1. The second-order valence-corrected chi connectivity index (χ2v) is 6.48. The van der Waals surface area contributed by atoms with Crippen LogP contribution in [-0.2, 0) is 22.4 Å². The second kappa shape index (κ2) is 6.96. The van der Waals surface area contributed by atoms with Crippen LogP contribution in [0.1, 0.15) is 29.2 Å². The highest BCUT2D eigenvalue weighted by Gasteiger charge is 2.41. The van der Waals surface area contributed by atoms with Gasteiger partial charge in [-0.2, -0.15) is 0 Å². The van der Waals surface area contributed by atoms with Crippen molar-refractivity contribution in [2.45, 2.75) is 39.2 Å². The van der Waals surface area contributed by atoms with Crippen molar-refractivity contribution in [2.24, 2.45) is 5.73 Å². The summed E-state index contributed by atoms with van der Waals surface area (Å²) >= 11 is 0. The van der Waals surface area contributed by atoms with Crippen LogP contribution in [0.25, 0.3) is 11.1 Å². The van der Waals surface area contributed by atoms with Gasteiger partial charge in [0.1, 0.15) is 5.54 Å². The first-order valence-electron chi connectivity index (χ1n) is 8.09. The van der Waals surface area contributed by atoms with Crippen molar-refractivity contribution in [3.63, 3.8) is 0 Å². The van der Waals surface area contributed by atoms with Gasteiger partial charge in [0.25, 0.3) is 0 Å². The molecule has 3 nitrogen and oxygen atoms in total. The van der Waals surface area contributed by atoms with Crippen molar-refractivity contribution in [1.82, 2.24) is 0 Å². The lowest BCUT2D eigenvalue weighted by atomic mass is 9.93. The Hall–Kier alpha value is -1.84. The van der Waals surface area contributed by atoms with E-state index in [0.717, 1.165) is 11.1 Å². The van der Waals surface area contributed by atoms with Gasteiger partial charge in [-0.1, -0.05) is 36.4 Å². The summed E-state index contributed by atoms with van der Waals surface area (Å²) in [5.74, 6) is -0.301. The largest absolute Gasteiger partial charge is 0.465 e. The average molecular weight is 346 g/mol. The number of aryl methyl sites for hydroxylation is 2. The van der Waals surface area contributed by atoms with Crippen molar-refractivity contribution in [2.75, 3.05) is 6.61 Å². The standard InChI is InChI=1S/C20H23NO2.ClH/c1-4-23-19(22)20(21)11-16-9-8-15(10-17(16)12-20)18-13(2)6-5-7-14(18)3;/h5-10H,4,11-12,21H2,1-3H3;1H. The summed E-state index contributed by atoms with van der Waals surface area (Å²) in [5.41, 5.74) is 12.7. The van der Waals surface area contributed by atoms with E-state index in [1.165, 1.54) is 22.3 Å². The van der Waals surface area contributed by atoms with E-state index in [2.05, 4.69) is 50.2 Å². The summed E-state index contributed by atoms with van der Waals surface area (Å²) in [4.78, 5) is 12.2. The first-order chi connectivity index (χ1) is 10.9. The lowest BCUT2D eigenvalue weighted by Crippen LogP contribution is -2.50. The zero-order valence-electron chi connectivity index (χ0n) is 14.4. The molecule has 0 spiro atoms. The van der Waals surface area contributed by atoms with Gasteiger partial charge in [0.2, 0.25) is 0 Å². The highest BCUT2D eigenvalue weighted by atomic mass is 35.5. The van der Waals surface area contributed by atoms with E-state index >= 15 is 0 Å². The molecule has 0 radical (unpaired) electrons. The molecular weight excluding hydrogens is 322 g/mol. The minimum Gasteiger partial charge on any atom is -0.465 e. The maximum atomic E-state index is 12.2. The topological polar surface area (TPSA) is 52.3 Å². The number of carbonyl (C=O) groups is 1. The maximum Gasteiger partial charge on any atom is 0.326 e. The molecule has 0 bridgehead atoms. The number of nitrogens with two attached hydrogens (primary N) is 1. The molecule has 0 aliphatic heterocycles. The van der Waals surface area contributed by atoms with Crippen LogP contribution in [0.15, 0.2) is 36.4 Å². The molecular formula is C20H24ClNO2. The quantitative estimate of drug-likeness (QED) is 0.862. The summed E-state index contributed by atoms with van der Waals surface area (Å²) in [6.07, 6.45) is 1.09. The molecule has 128 valence electrons. The molecule has 0 fully saturated rings. The fourth-order valence-corrected chi connectivity index (χ4v) is 3.55. The Bertz CT molecular complexity index is 752. The highest BCUT2D eigenvalue weighted by Crippen LogP contribution is 2.34. The lowest BCUT2D eigenvalue weighted by Gasteiger charge is -2.20. The zero-order valence-corrected chi connectivity index (χ0v) is 15.2. The molecule has 0 heterocycles. The summed E-state index contributed by atoms with van der Waals surface area (Å²) in [6.45, 7) is 6.42. The maximum absolute atomic E-state index is 12.2. The summed E-state index contributed by atoms with van der Waals surface area (Å²) < 4.78 is 5.15. The Morgan fingerprint density at radius 2 is 1.75 bits per heavy atom. The minimum atomic E-state index is -0.919. The van der Waals surface area contributed by atoms with Gasteiger partial charge in [0.05, 0.1) is 6.61 Å². The van der Waals surface area contributed by atoms with Crippen LogP contribution in [0.2, 0.25) is 0 Å². The number of hydrogen-bond donors (Lipinski definition) is 1. The van der Waals surface area contributed by atoms with Crippen molar-refractivity contribution in [1.29, 1.82) is 0 Å². The Morgan fingerprint density at radius 3 is 2.38 bits per heavy atom. The molecule has 0 aromatic heterocycles. The number of benzene rings is 2. The van der Waals surface area contributed by atoms with Crippen LogP contribution in [0.4, 0.5) is 0 Å². The number of ether oxygens (including phenoxy) is 1. The van der Waals surface area contributed by atoms with Crippen LogP contribution >= 0.6 is 12.4 Å². The molecule has 3 rings (SSSR count). The fourth-order valence-electron chi connectivity index (χ4n) is 3.55. The molecule has 0 amide bonds. The predicted octanol–water partition coefficient (Wildman–Crippen LogP) is 3.75. The van der Waals surface area contributed by atoms with E-state index in [1.807, 2.05) is 6.92 Å². The molecule has 0 saturated heterocycles. The number of rotatable bonds is 3. The molecule has 1 aliphatic carbocycles. The van der Waals surface area contributed by atoms with E-state index in [9.17, 15) is 4.79 Å². The zero-order chi connectivity index (χ0) is 16.6. The van der Waals surface area contributed by atoms with E-state index in [0.29, 0.717) is 19.4 Å². The van der Waals surface area contributed by atoms with Crippen molar-refractivity contribution in [3.8, 4) is 11.1 Å². The van der Waals surface area contributed by atoms with Crippen LogP contribution in [0.5, 0.6) is 0 Å². The van der Waals surface area contributed by atoms with Gasteiger partial charge in [-0.15, -0.1) is 12.4 Å². The second-order valence-electron chi connectivity index (χ2n) is 6.48. The first-order valence-corrected chi connectivity index (χ1v) is 8.09. The Labute approximate surface area is 149 Å². The first kappa shape index (κ1) is 18.5. The molecule has 24 heavy (non-hydrogen) atoms. The lowest BCUT2D eigenvalue weighted by molar-refractivity contribution is -0.149. The normalized spacial score (nSPS) is 18.7. The Balaban J connectivity index is 0.00000208. The molecule has 1 unspecified atom stereocenters. The number of hydrogen-bond acceptors (Lipinski definition) is 3. The van der Waals surface area contributed by atoms with E-state index in [4.69, 9.17) is 10.5 Å². The summed E-state index contributed by atoms with van der Waals surface area (Å²) in [7, 11) is 0. The van der Waals surface area contributed by atoms with Gasteiger partial charge < -0.3 is 10.5 Å². The van der Waals surface area contributed by atoms with Gasteiger partial charge in [-0.25, -0.2) is 0 Å². The molecule has 1 aliphatic rings. The average Bonchev–Trinajstić information content (AvgIpc) is 2.84. The van der Waals surface area contributed by atoms with Gasteiger partial charge >= 0.3 is 5.97 Å². The monoisotopic (exact) mass is 345 g/mol. The van der Waals surface area contributed by atoms with Crippen molar-refractivity contribution >= 4 is 18.4 Å². The van der Waals surface area contributed by atoms with E-state index in [-0.39, 0.29) is 18.4 Å². The molecule has 2 aromatic rings. The van der Waals surface area contributed by atoms with E-state index in [1.54, 1.807) is 0 Å². The number of esters is 1. The Morgan fingerprint density at radius 1 is 1.12 bits per heavy atom. The summed E-state index contributed by atoms with van der Waals surface area (Å²) in [6, 6.07) is 12.7. The van der Waals surface area contributed by atoms with Gasteiger partial charge in [0, 0.05) is 12.8 Å². The van der Waals surface area contributed by atoms with Crippen molar-refractivity contribution < 1.29 is 9.53 Å². The smallest absolute Gasteiger partial charge is 0.326 e. The van der Waals surface area contributed by atoms with Crippen molar-refractivity contribution in [3.05, 3.63) is 58.7 Å². The molecule has 4 heteroatoms. The van der Waals surface area contributed by atoms with Crippen LogP contribution in [0.3, 0.4) is 0 Å². The number of fused-ring (bicyclic) bond motifs is 1. The van der Waals surface area contributed by atoms with Gasteiger partial charge in [0.15, 0.2) is 0 Å². The highest BCUT2D eigenvalue weighted by molar-refractivity contribution is 5.85. The van der Waals surface area contributed by atoms with Gasteiger partial charge in [-0.3, -0.25) is 4.79 Å². The third-order valence-corrected chi connectivity index (χ3v) is 4.67. The van der Waals surface area contributed by atoms with Crippen LogP contribution in [-0.4, -0.2) is 18.1 Å². The predicted molar refractivity (Wildman–Crippen MR) is 99.6 cm³/mol.